The summed E-state index contributed by atoms with van der Waals surface area (Å²) in [6.45, 7) is 24.8. The van der Waals surface area contributed by atoms with Crippen LogP contribution >= 0.6 is 0 Å². The van der Waals surface area contributed by atoms with Gasteiger partial charge in [0.15, 0.2) is 11.4 Å². The first-order chi connectivity index (χ1) is 67.4. The smallest absolute Gasteiger partial charge is 0.338 e. The van der Waals surface area contributed by atoms with Crippen LogP contribution in [-0.2, 0) is 91.9 Å². The van der Waals surface area contributed by atoms with Gasteiger partial charge in [0.2, 0.25) is 35.1 Å². The number of nitrogens with one attached hydrogen (secondary N) is 2. The fraction of sp³-hybridized carbons (Fsp3) is 0.495. The first kappa shape index (κ1) is 108. The number of carbonyl (C=O) groups is 3. The van der Waals surface area contributed by atoms with Gasteiger partial charge in [-0.3, -0.25) is 36.9 Å². The number of para-hydroxylation sites is 1. The molecule has 14 rings (SSSR count). The Balaban J connectivity index is 0.650. The predicted octanol–water partition coefficient (Wildman–Crippen LogP) is 15.5. The molecule has 2 unspecified atom stereocenters. The quantitative estimate of drug-likeness (QED) is 0.00579. The molecule has 0 spiro atoms. The number of nitrogens with zero attached hydrogens (tertiary/aromatic N) is 10. The van der Waals surface area contributed by atoms with Crippen LogP contribution in [0.3, 0.4) is 0 Å². The molecule has 7 aromatic rings. The summed E-state index contributed by atoms with van der Waals surface area (Å²) in [7, 11) is -26.7. The van der Waals surface area contributed by atoms with E-state index in [1.807, 2.05) is 87.2 Å². The van der Waals surface area contributed by atoms with Crippen LogP contribution in [0.2, 0.25) is 0 Å². The third kappa shape index (κ3) is 25.3. The van der Waals surface area contributed by atoms with Gasteiger partial charge in [0, 0.05) is 153 Å². The van der Waals surface area contributed by atoms with Gasteiger partial charge in [-0.1, -0.05) is 100 Å². The maximum Gasteiger partial charge on any atom is 0.338 e. The van der Waals surface area contributed by atoms with Crippen molar-refractivity contribution in [2.45, 2.75) is 235 Å². The van der Waals surface area contributed by atoms with Crippen molar-refractivity contribution in [1.29, 1.82) is 0 Å². The molecule has 6 aromatic carbocycles. The first-order valence-electron chi connectivity index (χ1n) is 49.3. The maximum absolute atomic E-state index is 15.0. The van der Waals surface area contributed by atoms with E-state index in [9.17, 15) is 87.4 Å². The minimum absolute atomic E-state index is 0.0274. The van der Waals surface area contributed by atoms with E-state index in [0.29, 0.717) is 129 Å². The molecule has 0 aliphatic carbocycles. The van der Waals surface area contributed by atoms with E-state index in [4.69, 9.17) is 19.7 Å². The molecule has 1 aromatic heterocycles. The molecule has 3 saturated heterocycles. The lowest BCUT2D eigenvalue weighted by molar-refractivity contribution is -0.438. The van der Waals surface area contributed by atoms with Crippen molar-refractivity contribution in [2.75, 3.05) is 120 Å². The topological polar surface area (TPSA) is 472 Å². The summed E-state index contributed by atoms with van der Waals surface area (Å²) in [5, 5.41) is 9.74. The van der Waals surface area contributed by atoms with Crippen LogP contribution in [0.15, 0.2) is 173 Å². The van der Waals surface area contributed by atoms with E-state index in [1.54, 1.807) is 59.2 Å². The molecule has 772 valence electrons. The highest BCUT2D eigenvalue weighted by Crippen LogP contribution is 2.56. The van der Waals surface area contributed by atoms with Crippen LogP contribution in [0.4, 0.5) is 40.6 Å². The molecule has 3 fully saturated rings. The minimum Gasteiger partial charge on any atom is -0.462 e. The second-order valence-corrected chi connectivity index (χ2v) is 49.4. The molecule has 0 bridgehead atoms. The molecule has 2 atom stereocenters. The standard InChI is InChI=1S/C103H132N12O22S6/c1-11-13-50-114-85-41-39-78-71(4)65-77(143(134,135)136)69-80(78)94(85)103(10,48-12-2)90(114)34-20-15-17-31-87-100(5,6)92-79-68-76(142(131,132)133)38-36-72(79)37-40-84(92)113(87)51-24-16-21-35-91(116)104-74-44-56-110(57-45-74)98-106-97(109-54-42-70(3)43-55-109)107-99(108-98)111-58-46-75(47-59-111)105-95(117)73-66-81(96(118)137-60-28-64-141(128,129)130)93-86(67-73)115(53-27-63-140(125,126)127)88(101(93,7)8)32-18-14-19-33-89-102(9,49-25-61-138(119,120)121)82-29-22-23-30-83(82)112(89)52-26-62-139(122,123)124/h14-15,17-20,22-23,29-34,36-41,65-70,74-75H,11-13,16,21,24-28,35,42-64H2,1-10H3,(H6-2,104,105,116,117,119,120,121,122,123,124,125,126,127,128,129,130,131,132,133,134,135,136)/p+2. The molecule has 0 radical (unpaired) electrons. The third-order valence-corrected chi connectivity index (χ3v) is 34.0. The number of aromatic nitrogens is 3. The number of unbranched alkanes of at least 4 members (excludes halogenated alkanes) is 3. The Morgan fingerprint density at radius 2 is 0.993 bits per heavy atom. The molecule has 2 amide bonds. The Kier molecular flexibility index (Phi) is 33.3. The van der Waals surface area contributed by atoms with Crippen LogP contribution in [0.25, 0.3) is 21.5 Å². The average molecular weight is 2080 g/mol. The van der Waals surface area contributed by atoms with Gasteiger partial charge in [0.1, 0.15) is 13.1 Å². The summed E-state index contributed by atoms with van der Waals surface area (Å²) in [5.74, 6) is -1.90. The van der Waals surface area contributed by atoms with Gasteiger partial charge in [-0.15, -0.1) is 0 Å². The van der Waals surface area contributed by atoms with Crippen LogP contribution < -0.4 is 35.1 Å². The number of aryl methyl sites for hydroxylation is 1. The average Bonchev–Trinajstić information content (AvgIpc) is 1.56. The molecule has 40 heteroatoms. The summed E-state index contributed by atoms with van der Waals surface area (Å²) in [4.78, 5) is 69.3. The van der Waals surface area contributed by atoms with Gasteiger partial charge in [0.05, 0.1) is 61.4 Å². The van der Waals surface area contributed by atoms with Crippen LogP contribution in [0, 0.1) is 12.8 Å². The number of fused-ring (bicyclic) bond motifs is 8. The lowest BCUT2D eigenvalue weighted by Gasteiger charge is -2.36. The van der Waals surface area contributed by atoms with Crippen LogP contribution in [0.1, 0.15) is 233 Å². The van der Waals surface area contributed by atoms with Crippen molar-refractivity contribution in [2.24, 2.45) is 5.92 Å². The van der Waals surface area contributed by atoms with E-state index in [1.165, 1.54) is 18.2 Å². The highest BCUT2D eigenvalue weighted by molar-refractivity contribution is 7.87. The molecule has 0 saturated carbocycles. The summed E-state index contributed by atoms with van der Waals surface area (Å²) in [6.07, 6.45) is 28.8. The summed E-state index contributed by atoms with van der Waals surface area (Å²) in [5.41, 5.74) is 6.87. The lowest BCUT2D eigenvalue weighted by atomic mass is 9.75. The summed E-state index contributed by atoms with van der Waals surface area (Å²) < 4.78 is 216. The Morgan fingerprint density at radius 3 is 1.58 bits per heavy atom. The van der Waals surface area contributed by atoms with E-state index in [0.717, 1.165) is 131 Å². The van der Waals surface area contributed by atoms with Crippen molar-refractivity contribution in [3.8, 4) is 0 Å². The van der Waals surface area contributed by atoms with Crippen molar-refractivity contribution < 1.29 is 106 Å². The number of hydrogen-bond donors (Lipinski definition) is 8. The summed E-state index contributed by atoms with van der Waals surface area (Å²) in [6, 6.07) is 25.8. The predicted molar refractivity (Wildman–Crippen MR) is 557 cm³/mol. The Morgan fingerprint density at radius 1 is 0.476 bits per heavy atom. The number of allylic oxidation sites excluding steroid dienone is 12. The highest BCUT2D eigenvalue weighted by atomic mass is 32.2. The van der Waals surface area contributed by atoms with E-state index < -0.39 is 130 Å². The van der Waals surface area contributed by atoms with Gasteiger partial charge >= 0.3 is 5.97 Å². The number of anilines is 5. The SMILES string of the molecule is CCCCN1C(=CC=CC=CC2=[N+](CCCCCC(=O)NC3CCN(c4nc(N5CCC(C)CC5)nc(N5CCC(NC(=O)c6cc(C(=O)OCCCS(=O)(=O)O)c7c(c6)[N+](CCCS(=O)(=O)O)=C(C=CC=CC=C6N(CCCS(=O)(=O)O)c8ccccc8C6(C)CCCS(=O)(=O)O)C7(C)C)CC5)n4)CC3)c3ccc4ccc(S(=O)(=O)O)cc4c3C2(C)C)C(C)(CCC)c2c1ccc1c(C)cc(S(=O)(=O)O)cc21. The lowest BCUT2D eigenvalue weighted by Crippen LogP contribution is -2.46. The number of carbonyl (C=O) groups excluding carboxylic acids is 3. The largest absolute Gasteiger partial charge is 0.462 e. The zero-order chi connectivity index (χ0) is 103. The Labute approximate surface area is 840 Å². The second kappa shape index (κ2) is 44.0. The first-order valence-corrected chi connectivity index (χ1v) is 58.6. The highest BCUT2D eigenvalue weighted by Gasteiger charge is 2.51. The molecule has 8 heterocycles. The summed E-state index contributed by atoms with van der Waals surface area (Å²) >= 11 is 0. The van der Waals surface area contributed by atoms with Gasteiger partial charge in [-0.25, -0.2) is 4.79 Å². The maximum atomic E-state index is 15.0. The molecule has 7 aliphatic rings. The van der Waals surface area contributed by atoms with Crippen LogP contribution in [0.5, 0.6) is 0 Å². The second-order valence-electron chi connectivity index (χ2n) is 40.2. The Bertz CT molecular complexity index is 7080. The number of benzene rings is 6. The number of rotatable bonds is 42. The van der Waals surface area contributed by atoms with Gasteiger partial charge < -0.3 is 39.9 Å². The molecule has 143 heavy (non-hydrogen) atoms. The zero-order valence-electron chi connectivity index (χ0n) is 82.8. The minimum atomic E-state index is -4.55. The fourth-order valence-electron chi connectivity index (χ4n) is 21.9. The van der Waals surface area contributed by atoms with E-state index >= 15 is 4.79 Å². The molecule has 7 aliphatic heterocycles. The van der Waals surface area contributed by atoms with Gasteiger partial charge in [-0.2, -0.15) is 74.6 Å². The number of piperidine rings is 3. The van der Waals surface area contributed by atoms with Crippen molar-refractivity contribution >= 4 is 152 Å². The molecule has 8 N–H and O–H groups in total. The van der Waals surface area contributed by atoms with Crippen molar-refractivity contribution in [3.05, 3.63) is 202 Å². The molecular formula is C103H134N12O22S6+2. The fourth-order valence-corrected chi connectivity index (χ4v) is 25.0. The number of esters is 1. The van der Waals surface area contributed by atoms with Crippen molar-refractivity contribution in [1.82, 2.24) is 25.6 Å². The zero-order valence-corrected chi connectivity index (χ0v) is 87.7. The normalized spacial score (nSPS) is 20.0. The third-order valence-electron chi connectivity index (χ3n) is 29.1. The molecular weight excluding hydrogens is 1950 g/mol. The number of hydrogen-bond acceptors (Lipinski definition) is 24. The van der Waals surface area contributed by atoms with Crippen LogP contribution in [-0.4, -0.2) is 238 Å². The monoisotopic (exact) mass is 2080 g/mol. The Hall–Kier alpha value is -10.5. The van der Waals surface area contributed by atoms with Gasteiger partial charge in [0.25, 0.3) is 66.6 Å². The van der Waals surface area contributed by atoms with Gasteiger partial charge in [-0.05, 0) is 243 Å². The number of ether oxygens (including phenoxy) is 1. The molecule has 34 nitrogen and oxygen atoms in total. The van der Waals surface area contributed by atoms with Crippen molar-refractivity contribution in [3.63, 3.8) is 0 Å². The number of amides is 2. The van der Waals surface area contributed by atoms with E-state index in [2.05, 4.69) is 101 Å². The van der Waals surface area contributed by atoms with E-state index in [-0.39, 0.29) is 78.1 Å².